The minimum Gasteiger partial charge on any atom is -0.507 e. The topological polar surface area (TPSA) is 71.2 Å². The molecule has 0 bridgehead atoms. The zero-order chi connectivity index (χ0) is 16.5. The Bertz CT molecular complexity index is 723. The van der Waals surface area contributed by atoms with Crippen LogP contribution in [0.5, 0.6) is 17.2 Å². The Labute approximate surface area is 140 Å². The summed E-state index contributed by atoms with van der Waals surface area (Å²) in [5, 5.41) is 14.2. The Kier molecular flexibility index (Phi) is 4.03. The first-order valence-corrected chi connectivity index (χ1v) is 8.16. The molecular weight excluding hydrogens is 310 g/mol. The first-order valence-electron chi connectivity index (χ1n) is 8.16. The molecule has 4 rings (SSSR count). The smallest absolute Gasteiger partial charge is 0.231 e. The lowest BCUT2D eigenvalue weighted by Crippen LogP contribution is -2.45. The minimum absolute atomic E-state index is 0.221. The van der Waals surface area contributed by atoms with E-state index in [1.807, 2.05) is 19.1 Å². The number of phenolic OH excluding ortho intramolecular Hbond substituents is 1. The molecule has 0 spiro atoms. The summed E-state index contributed by atoms with van der Waals surface area (Å²) < 4.78 is 15.8. The van der Waals surface area contributed by atoms with Gasteiger partial charge in [-0.2, -0.15) is 0 Å². The van der Waals surface area contributed by atoms with E-state index in [-0.39, 0.29) is 12.5 Å². The quantitative estimate of drug-likeness (QED) is 0.915. The number of fused-ring (bicyclic) bond motifs is 1. The van der Waals surface area contributed by atoms with Crippen LogP contribution in [-0.2, 0) is 13.1 Å². The van der Waals surface area contributed by atoms with Crippen LogP contribution in [0.15, 0.2) is 22.7 Å². The van der Waals surface area contributed by atoms with E-state index in [4.69, 9.17) is 14.0 Å². The predicted molar refractivity (Wildman–Crippen MR) is 86.0 cm³/mol. The Morgan fingerprint density at radius 1 is 1.00 bits per heavy atom. The van der Waals surface area contributed by atoms with E-state index >= 15 is 0 Å². The van der Waals surface area contributed by atoms with E-state index in [1.165, 1.54) is 0 Å². The van der Waals surface area contributed by atoms with E-state index in [9.17, 15) is 5.11 Å². The second-order valence-electron chi connectivity index (χ2n) is 6.32. The fraction of sp³-hybridized carbons (Fsp3) is 0.471. The van der Waals surface area contributed by atoms with Crippen molar-refractivity contribution in [2.75, 3.05) is 33.0 Å². The summed E-state index contributed by atoms with van der Waals surface area (Å²) in [5.74, 6) is 2.44. The van der Waals surface area contributed by atoms with Gasteiger partial charge in [-0.3, -0.25) is 9.80 Å². The summed E-state index contributed by atoms with van der Waals surface area (Å²) in [7, 11) is 0. The van der Waals surface area contributed by atoms with Crippen LogP contribution in [0.1, 0.15) is 17.0 Å². The number of aromatic nitrogens is 1. The first-order chi connectivity index (χ1) is 11.7. The molecule has 3 heterocycles. The molecule has 128 valence electrons. The highest BCUT2D eigenvalue weighted by Gasteiger charge is 2.21. The Hall–Kier alpha value is -2.25. The number of nitrogens with zero attached hydrogens (tertiary/aromatic N) is 3. The monoisotopic (exact) mass is 331 g/mol. The summed E-state index contributed by atoms with van der Waals surface area (Å²) in [6, 6.07) is 5.50. The number of phenols is 1. The zero-order valence-electron chi connectivity index (χ0n) is 13.7. The van der Waals surface area contributed by atoms with Crippen LogP contribution in [0.25, 0.3) is 0 Å². The van der Waals surface area contributed by atoms with Crippen LogP contribution in [0.3, 0.4) is 0 Å². The van der Waals surface area contributed by atoms with Crippen LogP contribution in [0.2, 0.25) is 0 Å². The molecule has 1 saturated heterocycles. The lowest BCUT2D eigenvalue weighted by molar-refractivity contribution is 0.119. The summed E-state index contributed by atoms with van der Waals surface area (Å²) in [6.07, 6.45) is 0. The maximum atomic E-state index is 10.2. The van der Waals surface area contributed by atoms with Crippen LogP contribution >= 0.6 is 0 Å². The van der Waals surface area contributed by atoms with Crippen molar-refractivity contribution in [1.29, 1.82) is 0 Å². The largest absolute Gasteiger partial charge is 0.507 e. The Morgan fingerprint density at radius 3 is 2.33 bits per heavy atom. The van der Waals surface area contributed by atoms with Crippen LogP contribution in [0, 0.1) is 6.92 Å². The SMILES string of the molecule is Cc1cc(CN2CCN(Cc3cc4c(cc3O)OCO4)CC2)no1. The predicted octanol–water partition coefficient (Wildman–Crippen LogP) is 1.74. The maximum Gasteiger partial charge on any atom is 0.231 e. The van der Waals surface area contributed by atoms with Gasteiger partial charge in [0.05, 0.1) is 5.69 Å². The van der Waals surface area contributed by atoms with Gasteiger partial charge in [0.15, 0.2) is 11.5 Å². The van der Waals surface area contributed by atoms with Crippen molar-refractivity contribution in [2.45, 2.75) is 20.0 Å². The van der Waals surface area contributed by atoms with E-state index < -0.39 is 0 Å². The van der Waals surface area contributed by atoms with Crippen molar-refractivity contribution >= 4 is 0 Å². The number of hydrogen-bond acceptors (Lipinski definition) is 7. The van der Waals surface area contributed by atoms with E-state index in [0.717, 1.165) is 49.7 Å². The van der Waals surface area contributed by atoms with Crippen LogP contribution < -0.4 is 9.47 Å². The van der Waals surface area contributed by atoms with Crippen molar-refractivity contribution in [1.82, 2.24) is 15.0 Å². The van der Waals surface area contributed by atoms with Crippen LogP contribution in [0.4, 0.5) is 0 Å². The zero-order valence-corrected chi connectivity index (χ0v) is 13.7. The summed E-state index contributed by atoms with van der Waals surface area (Å²) in [5.41, 5.74) is 1.86. The second-order valence-corrected chi connectivity index (χ2v) is 6.32. The van der Waals surface area contributed by atoms with Crippen LogP contribution in [-0.4, -0.2) is 53.0 Å². The van der Waals surface area contributed by atoms with Gasteiger partial charge in [0, 0.05) is 57.0 Å². The molecule has 2 aliphatic rings. The molecule has 0 unspecified atom stereocenters. The molecule has 1 N–H and O–H groups in total. The molecule has 0 radical (unpaired) electrons. The fourth-order valence-corrected chi connectivity index (χ4v) is 3.17. The molecule has 24 heavy (non-hydrogen) atoms. The number of piperazine rings is 1. The molecule has 1 aromatic heterocycles. The van der Waals surface area contributed by atoms with Crippen molar-refractivity contribution in [3.63, 3.8) is 0 Å². The number of aromatic hydroxyl groups is 1. The van der Waals surface area contributed by atoms with Gasteiger partial charge in [-0.25, -0.2) is 0 Å². The number of benzene rings is 1. The van der Waals surface area contributed by atoms with Gasteiger partial charge in [-0.05, 0) is 13.0 Å². The number of aryl methyl sites for hydroxylation is 1. The highest BCUT2D eigenvalue weighted by atomic mass is 16.7. The first kappa shape index (κ1) is 15.3. The molecule has 7 heteroatoms. The number of rotatable bonds is 4. The molecule has 1 aromatic carbocycles. The molecule has 0 aliphatic carbocycles. The van der Waals surface area contributed by atoms with Crippen molar-refractivity contribution in [3.05, 3.63) is 35.2 Å². The molecule has 0 amide bonds. The summed E-state index contributed by atoms with van der Waals surface area (Å²) >= 11 is 0. The van der Waals surface area contributed by atoms with Crippen molar-refractivity contribution < 1.29 is 19.1 Å². The minimum atomic E-state index is 0.221. The van der Waals surface area contributed by atoms with Gasteiger partial charge >= 0.3 is 0 Å². The molecule has 7 nitrogen and oxygen atoms in total. The standard InChI is InChI=1S/C17H21N3O4/c1-12-6-14(18-24-12)10-20-4-2-19(3-5-20)9-13-7-16-17(8-15(13)21)23-11-22-16/h6-8,21H,2-5,9-11H2,1H3. The molecule has 2 aliphatic heterocycles. The molecule has 0 saturated carbocycles. The third-order valence-corrected chi connectivity index (χ3v) is 4.50. The van der Waals surface area contributed by atoms with Gasteiger partial charge in [0.2, 0.25) is 6.79 Å². The normalized spacial score (nSPS) is 18.2. The number of ether oxygens (including phenoxy) is 2. The van der Waals surface area contributed by atoms with Crippen molar-refractivity contribution in [2.24, 2.45) is 0 Å². The third-order valence-electron chi connectivity index (χ3n) is 4.50. The van der Waals surface area contributed by atoms with E-state index in [1.54, 1.807) is 6.07 Å². The van der Waals surface area contributed by atoms with E-state index in [0.29, 0.717) is 18.0 Å². The average Bonchev–Trinajstić information content (AvgIpc) is 3.18. The lowest BCUT2D eigenvalue weighted by atomic mass is 10.1. The van der Waals surface area contributed by atoms with Crippen molar-refractivity contribution in [3.8, 4) is 17.2 Å². The summed E-state index contributed by atoms with van der Waals surface area (Å²) in [6.45, 7) is 7.49. The lowest BCUT2D eigenvalue weighted by Gasteiger charge is -2.34. The highest BCUT2D eigenvalue weighted by molar-refractivity contribution is 5.51. The van der Waals surface area contributed by atoms with Gasteiger partial charge in [0.25, 0.3) is 0 Å². The molecule has 1 fully saturated rings. The van der Waals surface area contributed by atoms with Gasteiger partial charge < -0.3 is 19.1 Å². The number of hydrogen-bond donors (Lipinski definition) is 1. The van der Waals surface area contributed by atoms with E-state index in [2.05, 4.69) is 15.0 Å². The summed E-state index contributed by atoms with van der Waals surface area (Å²) in [4.78, 5) is 4.70. The third kappa shape index (κ3) is 3.18. The Morgan fingerprint density at radius 2 is 1.67 bits per heavy atom. The van der Waals surface area contributed by atoms with Gasteiger partial charge in [-0.15, -0.1) is 0 Å². The fourth-order valence-electron chi connectivity index (χ4n) is 3.17. The molecule has 2 aromatic rings. The molecular formula is C17H21N3O4. The van der Waals surface area contributed by atoms with Gasteiger partial charge in [0.1, 0.15) is 11.5 Å². The maximum absolute atomic E-state index is 10.2. The average molecular weight is 331 g/mol. The highest BCUT2D eigenvalue weighted by Crippen LogP contribution is 2.38. The Balaban J connectivity index is 1.33. The second kappa shape index (κ2) is 6.33. The molecule has 0 atom stereocenters. The van der Waals surface area contributed by atoms with Gasteiger partial charge in [-0.1, -0.05) is 5.16 Å².